The fourth-order valence-corrected chi connectivity index (χ4v) is 1.70. The number of nitrogens with two attached hydrogens (primary N) is 1. The Bertz CT molecular complexity index is 622. The third kappa shape index (κ3) is 3.85. The Morgan fingerprint density at radius 3 is 2.57 bits per heavy atom. The Labute approximate surface area is 120 Å². The van der Waals surface area contributed by atoms with Crippen LogP contribution in [-0.4, -0.2) is 34.7 Å². The highest BCUT2D eigenvalue weighted by atomic mass is 19.3. The summed E-state index contributed by atoms with van der Waals surface area (Å²) in [7, 11) is 0. The molecule has 0 aliphatic carbocycles. The quantitative estimate of drug-likeness (QED) is 0.878. The van der Waals surface area contributed by atoms with Gasteiger partial charge in [0.1, 0.15) is 0 Å². The third-order valence-corrected chi connectivity index (χ3v) is 2.91. The maximum absolute atomic E-state index is 13.0. The minimum Gasteiger partial charge on any atom is -0.346 e. The van der Waals surface area contributed by atoms with Crippen LogP contribution in [0.4, 0.5) is 8.78 Å². The molecular weight excluding hydrogens is 278 g/mol. The van der Waals surface area contributed by atoms with E-state index in [4.69, 9.17) is 5.73 Å². The second-order valence-electron chi connectivity index (χ2n) is 4.75. The number of nitrogens with zero attached hydrogens (tertiary/aromatic N) is 2. The van der Waals surface area contributed by atoms with Crippen LogP contribution in [0.1, 0.15) is 15.9 Å². The summed E-state index contributed by atoms with van der Waals surface area (Å²) in [6.07, 6.45) is 3.56. The average molecular weight is 294 g/mol. The van der Waals surface area contributed by atoms with Crippen LogP contribution in [0.3, 0.4) is 0 Å². The molecule has 2 rings (SSSR count). The maximum atomic E-state index is 13.0. The summed E-state index contributed by atoms with van der Waals surface area (Å²) in [4.78, 5) is 11.8. The Kier molecular flexibility index (Phi) is 4.32. The van der Waals surface area contributed by atoms with E-state index in [2.05, 4.69) is 10.4 Å². The van der Waals surface area contributed by atoms with E-state index in [0.717, 1.165) is 11.3 Å². The monoisotopic (exact) mass is 294 g/mol. The van der Waals surface area contributed by atoms with E-state index in [0.29, 0.717) is 5.56 Å². The van der Waals surface area contributed by atoms with E-state index in [1.807, 2.05) is 13.1 Å². The second kappa shape index (κ2) is 6.01. The molecule has 0 aliphatic rings. The fourth-order valence-electron chi connectivity index (χ4n) is 1.70. The first kappa shape index (κ1) is 15.1. The normalized spacial score (nSPS) is 11.4. The molecule has 0 fully saturated rings. The number of hydrogen-bond donors (Lipinski definition) is 2. The molecule has 0 unspecified atom stereocenters. The number of alkyl halides is 2. The number of carbonyl (C=O) groups is 1. The first-order valence-electron chi connectivity index (χ1n) is 6.39. The summed E-state index contributed by atoms with van der Waals surface area (Å²) < 4.78 is 27.6. The van der Waals surface area contributed by atoms with Gasteiger partial charge in [-0.3, -0.25) is 4.79 Å². The van der Waals surface area contributed by atoms with Gasteiger partial charge in [0, 0.05) is 11.8 Å². The number of hydrogen-bond acceptors (Lipinski definition) is 3. The predicted octanol–water partition coefficient (Wildman–Crippen LogP) is 1.50. The lowest BCUT2D eigenvalue weighted by atomic mass is 10.2. The van der Waals surface area contributed by atoms with Gasteiger partial charge in [0.05, 0.1) is 25.0 Å². The molecule has 0 aliphatic heterocycles. The first-order chi connectivity index (χ1) is 9.91. The zero-order chi connectivity index (χ0) is 15.5. The summed E-state index contributed by atoms with van der Waals surface area (Å²) in [5.74, 6) is -3.66. The molecule has 0 bridgehead atoms. The van der Waals surface area contributed by atoms with Crippen molar-refractivity contribution in [3.8, 4) is 5.69 Å². The van der Waals surface area contributed by atoms with Crippen molar-refractivity contribution < 1.29 is 13.6 Å². The maximum Gasteiger partial charge on any atom is 0.277 e. The van der Waals surface area contributed by atoms with Gasteiger partial charge in [-0.1, -0.05) is 0 Å². The smallest absolute Gasteiger partial charge is 0.277 e. The average Bonchev–Trinajstić information content (AvgIpc) is 2.92. The number of aryl methyl sites for hydroxylation is 1. The van der Waals surface area contributed by atoms with E-state index < -0.39 is 24.9 Å². The molecule has 3 N–H and O–H groups in total. The Morgan fingerprint density at radius 1 is 1.38 bits per heavy atom. The van der Waals surface area contributed by atoms with Crippen molar-refractivity contribution in [1.82, 2.24) is 15.1 Å². The van der Waals surface area contributed by atoms with Gasteiger partial charge in [-0.05, 0) is 36.8 Å². The predicted molar refractivity (Wildman–Crippen MR) is 74.6 cm³/mol. The zero-order valence-corrected chi connectivity index (χ0v) is 11.5. The Balaban J connectivity index is 2.03. The molecule has 5 nitrogen and oxygen atoms in total. The molecule has 0 saturated heterocycles. The molecule has 112 valence electrons. The van der Waals surface area contributed by atoms with E-state index in [1.54, 1.807) is 35.1 Å². The number of aromatic nitrogens is 2. The molecule has 1 aromatic carbocycles. The topological polar surface area (TPSA) is 72.9 Å². The van der Waals surface area contributed by atoms with Crippen LogP contribution in [0.2, 0.25) is 0 Å². The lowest BCUT2D eigenvalue weighted by Gasteiger charge is -2.14. The van der Waals surface area contributed by atoms with Crippen molar-refractivity contribution in [3.63, 3.8) is 0 Å². The molecule has 0 saturated carbocycles. The lowest BCUT2D eigenvalue weighted by molar-refractivity contribution is 0.0118. The summed E-state index contributed by atoms with van der Waals surface area (Å²) in [5.41, 5.74) is 7.01. The minimum atomic E-state index is -3.10. The fraction of sp³-hybridized carbons (Fsp3) is 0.286. The van der Waals surface area contributed by atoms with Gasteiger partial charge in [0.2, 0.25) is 0 Å². The first-order valence-corrected chi connectivity index (χ1v) is 6.39. The summed E-state index contributed by atoms with van der Waals surface area (Å²) in [6, 6.07) is 6.51. The van der Waals surface area contributed by atoms with E-state index >= 15 is 0 Å². The number of benzene rings is 1. The van der Waals surface area contributed by atoms with E-state index in [9.17, 15) is 13.6 Å². The van der Waals surface area contributed by atoms with Gasteiger partial charge in [-0.25, -0.2) is 13.5 Å². The molecule has 1 aromatic heterocycles. The van der Waals surface area contributed by atoms with E-state index in [-0.39, 0.29) is 0 Å². The highest BCUT2D eigenvalue weighted by molar-refractivity contribution is 5.94. The Hall–Kier alpha value is -2.28. The van der Waals surface area contributed by atoms with Crippen molar-refractivity contribution in [2.24, 2.45) is 5.73 Å². The minimum absolute atomic E-state index is 0.301. The lowest BCUT2D eigenvalue weighted by Crippen LogP contribution is -2.41. The van der Waals surface area contributed by atoms with Crippen LogP contribution in [-0.2, 0) is 0 Å². The highest BCUT2D eigenvalue weighted by Gasteiger charge is 2.27. The molecule has 1 amide bonds. The molecule has 1 heterocycles. The van der Waals surface area contributed by atoms with Gasteiger partial charge >= 0.3 is 0 Å². The van der Waals surface area contributed by atoms with Gasteiger partial charge in [0.25, 0.3) is 11.8 Å². The SMILES string of the molecule is Cc1cnn(-c2ccc(C(=O)NCC(F)(F)CN)cc2)c1. The van der Waals surface area contributed by atoms with Gasteiger partial charge in [-0.15, -0.1) is 0 Å². The van der Waals surface area contributed by atoms with Crippen LogP contribution < -0.4 is 11.1 Å². The molecule has 21 heavy (non-hydrogen) atoms. The summed E-state index contributed by atoms with van der Waals surface area (Å²) >= 11 is 0. The Morgan fingerprint density at radius 2 is 2.05 bits per heavy atom. The van der Waals surface area contributed by atoms with Gasteiger partial charge in [-0.2, -0.15) is 5.10 Å². The second-order valence-corrected chi connectivity index (χ2v) is 4.75. The van der Waals surface area contributed by atoms with Crippen molar-refractivity contribution in [1.29, 1.82) is 0 Å². The number of rotatable bonds is 5. The van der Waals surface area contributed by atoms with E-state index in [1.165, 1.54) is 0 Å². The molecular formula is C14H16F2N4O. The van der Waals surface area contributed by atoms with Gasteiger partial charge in [0.15, 0.2) is 0 Å². The van der Waals surface area contributed by atoms with Crippen LogP contribution >= 0.6 is 0 Å². The summed E-state index contributed by atoms with van der Waals surface area (Å²) in [6.45, 7) is 0.343. The molecule has 0 atom stereocenters. The third-order valence-electron chi connectivity index (χ3n) is 2.91. The largest absolute Gasteiger partial charge is 0.346 e. The zero-order valence-electron chi connectivity index (χ0n) is 11.5. The van der Waals surface area contributed by atoms with Crippen LogP contribution in [0, 0.1) is 6.92 Å². The van der Waals surface area contributed by atoms with Crippen LogP contribution in [0.15, 0.2) is 36.7 Å². The molecule has 7 heteroatoms. The highest BCUT2D eigenvalue weighted by Crippen LogP contribution is 2.12. The van der Waals surface area contributed by atoms with Crippen LogP contribution in [0.5, 0.6) is 0 Å². The number of carbonyl (C=O) groups excluding carboxylic acids is 1. The van der Waals surface area contributed by atoms with Crippen molar-refractivity contribution >= 4 is 5.91 Å². The molecule has 2 aromatic rings. The van der Waals surface area contributed by atoms with Gasteiger partial charge < -0.3 is 11.1 Å². The standard InChI is InChI=1S/C14H16F2N4O/c1-10-6-19-20(7-10)12-4-2-11(3-5-12)13(21)18-9-14(15,16)8-17/h2-7H,8-9,17H2,1H3,(H,18,21). The number of halogens is 2. The van der Waals surface area contributed by atoms with Crippen molar-refractivity contribution in [2.75, 3.05) is 13.1 Å². The van der Waals surface area contributed by atoms with Crippen LogP contribution in [0.25, 0.3) is 5.69 Å². The summed E-state index contributed by atoms with van der Waals surface area (Å²) in [5, 5.41) is 6.31. The number of nitrogens with one attached hydrogen (secondary N) is 1. The molecule has 0 spiro atoms. The number of amides is 1. The van der Waals surface area contributed by atoms with Crippen molar-refractivity contribution in [2.45, 2.75) is 12.8 Å². The molecule has 0 radical (unpaired) electrons. The van der Waals surface area contributed by atoms with Crippen molar-refractivity contribution in [3.05, 3.63) is 47.8 Å².